The molecule has 162 valence electrons. The summed E-state index contributed by atoms with van der Waals surface area (Å²) in [5.74, 6) is 0.467. The van der Waals surface area contributed by atoms with E-state index < -0.39 is 12.6 Å². The van der Waals surface area contributed by atoms with Crippen LogP contribution in [0.2, 0.25) is 0 Å². The maximum atomic E-state index is 12.8. The molecule has 0 aliphatic rings. The molecule has 1 aromatic heterocycles. The van der Waals surface area contributed by atoms with Gasteiger partial charge in [-0.2, -0.15) is 13.2 Å². The van der Waals surface area contributed by atoms with Gasteiger partial charge < -0.3 is 4.57 Å². The lowest BCUT2D eigenvalue weighted by Crippen LogP contribution is -2.39. The number of hydrogen-bond donors (Lipinski definition) is 2. The van der Waals surface area contributed by atoms with Crippen LogP contribution in [-0.4, -0.2) is 44.5 Å². The average Bonchev–Trinajstić information content (AvgIpc) is 2.96. The molecule has 0 unspecified atom stereocenters. The first-order valence-corrected chi connectivity index (χ1v) is 9.97. The first kappa shape index (κ1) is 23.2. The third-order valence-corrected chi connectivity index (χ3v) is 4.98. The molecule has 0 aliphatic heterocycles. The maximum absolute atomic E-state index is 12.8. The topological polar surface area (TPSA) is 53.3 Å². The van der Waals surface area contributed by atoms with E-state index in [1.165, 1.54) is 6.20 Å². The molecule has 0 fully saturated rings. The first-order chi connectivity index (χ1) is 13.6. The number of alkyl halides is 3. The van der Waals surface area contributed by atoms with Crippen molar-refractivity contribution in [2.75, 3.05) is 6.54 Å². The van der Waals surface area contributed by atoms with Crippen LogP contribution in [0.1, 0.15) is 45.5 Å². The number of aromatic nitrogens is 2. The van der Waals surface area contributed by atoms with Crippen LogP contribution < -0.4 is 5.48 Å². The fraction of sp³-hybridized carbons (Fsp3) is 0.571. The summed E-state index contributed by atoms with van der Waals surface area (Å²) in [7, 11) is 0. The maximum Gasteiger partial charge on any atom is 0.389 e. The van der Waals surface area contributed by atoms with E-state index in [0.717, 1.165) is 17.6 Å². The summed E-state index contributed by atoms with van der Waals surface area (Å²) in [6, 6.07) is 6.46. The Morgan fingerprint density at radius 3 is 2.48 bits per heavy atom. The van der Waals surface area contributed by atoms with E-state index in [9.17, 15) is 13.2 Å². The third-order valence-electron chi connectivity index (χ3n) is 4.98. The Bertz CT molecular complexity index is 804. The highest BCUT2D eigenvalue weighted by Crippen LogP contribution is 2.25. The lowest BCUT2D eigenvalue weighted by Gasteiger charge is -2.30. The number of nitrogens with one attached hydrogen (secondary N) is 1. The van der Waals surface area contributed by atoms with Gasteiger partial charge in [0, 0.05) is 37.8 Å². The molecule has 0 spiro atoms. The predicted octanol–water partition coefficient (Wildman–Crippen LogP) is 4.69. The minimum Gasteiger partial charge on any atom is -0.327 e. The monoisotopic (exact) mass is 412 g/mol. The van der Waals surface area contributed by atoms with Crippen molar-refractivity contribution < 1.29 is 18.4 Å². The SMILES string of the molecule is CC(C)N(CCn1c(CCC(F)(F)F)nc2cc(C/C=C/NO)ccc21)C(C)C. The van der Waals surface area contributed by atoms with E-state index >= 15 is 0 Å². The molecule has 0 amide bonds. The van der Waals surface area contributed by atoms with E-state index in [0.29, 0.717) is 36.4 Å². The number of fused-ring (bicyclic) bond motifs is 1. The van der Waals surface area contributed by atoms with Crippen molar-refractivity contribution in [3.05, 3.63) is 41.9 Å². The number of benzene rings is 1. The van der Waals surface area contributed by atoms with Crippen LogP contribution in [0.25, 0.3) is 11.0 Å². The number of imidazole rings is 1. The van der Waals surface area contributed by atoms with Gasteiger partial charge in [-0.15, -0.1) is 0 Å². The summed E-state index contributed by atoms with van der Waals surface area (Å²) < 4.78 is 40.4. The molecule has 2 N–H and O–H groups in total. The molecule has 0 atom stereocenters. The largest absolute Gasteiger partial charge is 0.389 e. The molecule has 0 saturated heterocycles. The summed E-state index contributed by atoms with van der Waals surface area (Å²) in [5.41, 5.74) is 4.48. The van der Waals surface area contributed by atoms with Gasteiger partial charge in [-0.05, 0) is 51.8 Å². The van der Waals surface area contributed by atoms with Crippen molar-refractivity contribution in [3.8, 4) is 0 Å². The summed E-state index contributed by atoms with van der Waals surface area (Å²) >= 11 is 0. The lowest BCUT2D eigenvalue weighted by atomic mass is 10.1. The molecule has 8 heteroatoms. The van der Waals surface area contributed by atoms with Gasteiger partial charge in [0.1, 0.15) is 5.82 Å². The fourth-order valence-electron chi connectivity index (χ4n) is 3.62. The number of hydroxylamine groups is 1. The van der Waals surface area contributed by atoms with E-state index in [-0.39, 0.29) is 6.42 Å². The van der Waals surface area contributed by atoms with E-state index in [4.69, 9.17) is 5.21 Å². The molecule has 0 aliphatic carbocycles. The van der Waals surface area contributed by atoms with Gasteiger partial charge in [0.2, 0.25) is 0 Å². The first-order valence-electron chi connectivity index (χ1n) is 9.97. The molecule has 1 heterocycles. The molecular weight excluding hydrogens is 381 g/mol. The lowest BCUT2D eigenvalue weighted by molar-refractivity contribution is -0.134. The zero-order chi connectivity index (χ0) is 21.6. The average molecular weight is 413 g/mol. The standard InChI is InChI=1S/C21H31F3N4O/c1-15(2)27(16(3)4)12-13-28-19-8-7-17(6-5-11-25-29)14-18(19)26-20(28)9-10-21(22,23)24/h5,7-8,11,14-16,25,29H,6,9-10,12-13H2,1-4H3/b11-5+. The van der Waals surface area contributed by atoms with Crippen molar-refractivity contribution in [2.45, 2.75) is 71.8 Å². The Hall–Kier alpha value is -2.06. The highest BCUT2D eigenvalue weighted by atomic mass is 19.4. The number of halogens is 3. The number of allylic oxidation sites excluding steroid dienone is 1. The molecular formula is C21H31F3N4O. The molecule has 0 radical (unpaired) electrons. The van der Waals surface area contributed by atoms with Gasteiger partial charge in [0.15, 0.2) is 0 Å². The molecule has 2 aromatic rings. The van der Waals surface area contributed by atoms with Gasteiger partial charge in [-0.25, -0.2) is 4.98 Å². The van der Waals surface area contributed by atoms with E-state index in [2.05, 4.69) is 37.6 Å². The van der Waals surface area contributed by atoms with Crippen LogP contribution in [-0.2, 0) is 19.4 Å². The van der Waals surface area contributed by atoms with E-state index in [1.807, 2.05) is 28.2 Å². The summed E-state index contributed by atoms with van der Waals surface area (Å²) in [6.45, 7) is 9.82. The van der Waals surface area contributed by atoms with Crippen LogP contribution in [0.4, 0.5) is 13.2 Å². The molecule has 5 nitrogen and oxygen atoms in total. The predicted molar refractivity (Wildman–Crippen MR) is 109 cm³/mol. The van der Waals surface area contributed by atoms with Gasteiger partial charge in [0.25, 0.3) is 0 Å². The van der Waals surface area contributed by atoms with Crippen molar-refractivity contribution in [1.82, 2.24) is 19.9 Å². The van der Waals surface area contributed by atoms with Gasteiger partial charge in [-0.1, -0.05) is 12.1 Å². The quantitative estimate of drug-likeness (QED) is 0.556. The molecule has 0 saturated carbocycles. The Balaban J connectivity index is 2.33. The molecule has 1 aromatic carbocycles. The van der Waals surface area contributed by atoms with E-state index in [1.54, 1.807) is 6.08 Å². The highest BCUT2D eigenvalue weighted by Gasteiger charge is 2.28. The fourth-order valence-corrected chi connectivity index (χ4v) is 3.62. The number of nitrogens with zero attached hydrogens (tertiary/aromatic N) is 3. The summed E-state index contributed by atoms with van der Waals surface area (Å²) in [6.07, 6.45) is -1.46. The minimum absolute atomic E-state index is 0.134. The van der Waals surface area contributed by atoms with Crippen molar-refractivity contribution in [1.29, 1.82) is 0 Å². The van der Waals surface area contributed by atoms with Crippen LogP contribution in [0.3, 0.4) is 0 Å². The Morgan fingerprint density at radius 1 is 1.21 bits per heavy atom. The van der Waals surface area contributed by atoms with Gasteiger partial charge in [-0.3, -0.25) is 15.6 Å². The zero-order valence-corrected chi connectivity index (χ0v) is 17.5. The molecule has 0 bridgehead atoms. The van der Waals surface area contributed by atoms with Crippen molar-refractivity contribution in [2.24, 2.45) is 0 Å². The van der Waals surface area contributed by atoms with Crippen LogP contribution in [0, 0.1) is 0 Å². The normalized spacial score (nSPS) is 12.9. The smallest absolute Gasteiger partial charge is 0.327 e. The summed E-state index contributed by atoms with van der Waals surface area (Å²) in [4.78, 5) is 6.85. The Kier molecular flexibility index (Phi) is 8.10. The Labute approximate surface area is 170 Å². The number of hydrogen-bond acceptors (Lipinski definition) is 4. The summed E-state index contributed by atoms with van der Waals surface area (Å²) in [5, 5.41) is 8.61. The second-order valence-electron chi connectivity index (χ2n) is 7.78. The van der Waals surface area contributed by atoms with Crippen molar-refractivity contribution >= 4 is 11.0 Å². The number of aryl methyl sites for hydroxylation is 1. The van der Waals surface area contributed by atoms with Gasteiger partial charge in [0.05, 0.1) is 17.5 Å². The van der Waals surface area contributed by atoms with Crippen LogP contribution >= 0.6 is 0 Å². The third kappa shape index (κ3) is 6.75. The van der Waals surface area contributed by atoms with Gasteiger partial charge >= 0.3 is 6.18 Å². The van der Waals surface area contributed by atoms with Crippen LogP contribution in [0.5, 0.6) is 0 Å². The highest BCUT2D eigenvalue weighted by molar-refractivity contribution is 5.77. The van der Waals surface area contributed by atoms with Crippen molar-refractivity contribution in [3.63, 3.8) is 0 Å². The molecule has 29 heavy (non-hydrogen) atoms. The Morgan fingerprint density at radius 2 is 1.90 bits per heavy atom. The van der Waals surface area contributed by atoms with Crippen LogP contribution in [0.15, 0.2) is 30.5 Å². The number of rotatable bonds is 10. The molecule has 2 rings (SSSR count). The zero-order valence-electron chi connectivity index (χ0n) is 17.5. The second-order valence-corrected chi connectivity index (χ2v) is 7.78. The minimum atomic E-state index is -4.21. The second kappa shape index (κ2) is 10.1.